The van der Waals surface area contributed by atoms with E-state index in [1.54, 1.807) is 24.6 Å². The van der Waals surface area contributed by atoms with Gasteiger partial charge < -0.3 is 15.0 Å². The summed E-state index contributed by atoms with van der Waals surface area (Å²) < 4.78 is 31.5. The van der Waals surface area contributed by atoms with Crippen LogP contribution in [0.1, 0.15) is 49.9 Å². The van der Waals surface area contributed by atoms with E-state index in [1.165, 1.54) is 29.5 Å². The Labute approximate surface area is 271 Å². The Morgan fingerprint density at radius 3 is 2.22 bits per heavy atom. The average Bonchev–Trinajstić information content (AvgIpc) is 3.36. The van der Waals surface area contributed by atoms with Crippen LogP contribution in [-0.2, 0) is 30.8 Å². The van der Waals surface area contributed by atoms with Crippen LogP contribution in [0.2, 0.25) is 0 Å². The summed E-state index contributed by atoms with van der Waals surface area (Å²) in [5, 5.41) is 14.1. The molecular formula is C37H39F2N3O3S. The highest BCUT2D eigenvalue weighted by Crippen LogP contribution is 2.39. The molecule has 0 spiro atoms. The molecule has 6 nitrogen and oxygen atoms in total. The number of aromatic nitrogens is 1. The molecule has 1 amide bonds. The van der Waals surface area contributed by atoms with Gasteiger partial charge in [0.2, 0.25) is 5.91 Å². The maximum Gasteiger partial charge on any atom is 0.226 e. The molecule has 2 heterocycles. The Morgan fingerprint density at radius 2 is 1.61 bits per heavy atom. The molecule has 3 aromatic carbocycles. The first-order chi connectivity index (χ1) is 21.8. The Balaban J connectivity index is 1.70. The third-order valence-corrected chi connectivity index (χ3v) is 9.07. The SMILES string of the molecule is CC(C)C(=O)Nc1ccc(-c2sc3c(c2CN(C)Cc2ccccc2)c(=O)c(CC(C)(C)O)cn3Cc2c(F)cccc2F)cc1. The molecule has 5 aromatic rings. The molecule has 0 saturated heterocycles. The highest BCUT2D eigenvalue weighted by molar-refractivity contribution is 7.22. The second-order valence-electron chi connectivity index (χ2n) is 12.8. The van der Waals surface area contributed by atoms with Gasteiger partial charge in [0.25, 0.3) is 0 Å². The summed E-state index contributed by atoms with van der Waals surface area (Å²) in [6, 6.07) is 21.3. The van der Waals surface area contributed by atoms with E-state index in [-0.39, 0.29) is 35.8 Å². The van der Waals surface area contributed by atoms with Crippen LogP contribution in [0.15, 0.2) is 83.8 Å². The number of hydrogen-bond donors (Lipinski definition) is 2. The minimum Gasteiger partial charge on any atom is -0.390 e. The van der Waals surface area contributed by atoms with E-state index in [0.29, 0.717) is 34.6 Å². The van der Waals surface area contributed by atoms with Gasteiger partial charge in [-0.2, -0.15) is 0 Å². The number of carbonyl (C=O) groups excluding carboxylic acids is 1. The highest BCUT2D eigenvalue weighted by atomic mass is 32.1. The van der Waals surface area contributed by atoms with Crippen molar-refractivity contribution in [2.75, 3.05) is 12.4 Å². The first-order valence-electron chi connectivity index (χ1n) is 15.3. The molecule has 2 aromatic heterocycles. The zero-order valence-electron chi connectivity index (χ0n) is 26.7. The third-order valence-electron chi connectivity index (χ3n) is 7.76. The van der Waals surface area contributed by atoms with Crippen LogP contribution in [0, 0.1) is 17.6 Å². The van der Waals surface area contributed by atoms with Crippen molar-refractivity contribution in [1.82, 2.24) is 9.47 Å². The quantitative estimate of drug-likeness (QED) is 0.156. The number of halogens is 2. The van der Waals surface area contributed by atoms with E-state index in [0.717, 1.165) is 21.6 Å². The number of thiophene rings is 1. The predicted octanol–water partition coefficient (Wildman–Crippen LogP) is 7.60. The van der Waals surface area contributed by atoms with Crippen LogP contribution in [0.5, 0.6) is 0 Å². The van der Waals surface area contributed by atoms with Gasteiger partial charge in [-0.05, 0) is 61.9 Å². The zero-order chi connectivity index (χ0) is 33.2. The summed E-state index contributed by atoms with van der Waals surface area (Å²) in [5.41, 5.74) is 2.27. The number of nitrogens with one attached hydrogen (secondary N) is 1. The lowest BCUT2D eigenvalue weighted by atomic mass is 9.97. The number of nitrogens with zero attached hydrogens (tertiary/aromatic N) is 2. The number of carbonyl (C=O) groups is 1. The van der Waals surface area contributed by atoms with Crippen molar-refractivity contribution in [2.24, 2.45) is 5.92 Å². The van der Waals surface area contributed by atoms with Crippen LogP contribution in [-0.4, -0.2) is 33.1 Å². The second-order valence-corrected chi connectivity index (χ2v) is 13.8. The van der Waals surface area contributed by atoms with E-state index < -0.39 is 17.2 Å². The summed E-state index contributed by atoms with van der Waals surface area (Å²) in [6.07, 6.45) is 1.69. The number of hydrogen-bond acceptors (Lipinski definition) is 5. The number of fused-ring (bicyclic) bond motifs is 1. The molecule has 0 saturated carbocycles. The van der Waals surface area contributed by atoms with Gasteiger partial charge in [0.1, 0.15) is 16.5 Å². The summed E-state index contributed by atoms with van der Waals surface area (Å²) >= 11 is 1.39. The Kier molecular flexibility index (Phi) is 9.86. The third kappa shape index (κ3) is 7.61. The second kappa shape index (κ2) is 13.7. The maximum atomic E-state index is 14.9. The molecule has 0 aliphatic carbocycles. The van der Waals surface area contributed by atoms with Gasteiger partial charge in [-0.1, -0.05) is 62.4 Å². The van der Waals surface area contributed by atoms with Crippen LogP contribution in [0.3, 0.4) is 0 Å². The number of rotatable bonds is 11. The smallest absolute Gasteiger partial charge is 0.226 e. The molecule has 2 N–H and O–H groups in total. The average molecular weight is 644 g/mol. The number of aliphatic hydroxyl groups is 1. The molecule has 0 radical (unpaired) electrons. The Morgan fingerprint density at radius 1 is 0.957 bits per heavy atom. The largest absolute Gasteiger partial charge is 0.390 e. The fourth-order valence-electron chi connectivity index (χ4n) is 5.51. The minimum atomic E-state index is -1.19. The van der Waals surface area contributed by atoms with Gasteiger partial charge >= 0.3 is 0 Å². The molecule has 0 aliphatic rings. The van der Waals surface area contributed by atoms with Crippen molar-refractivity contribution in [2.45, 2.75) is 59.4 Å². The summed E-state index contributed by atoms with van der Waals surface area (Å²) in [4.78, 5) is 30.1. The van der Waals surface area contributed by atoms with Crippen LogP contribution in [0.4, 0.5) is 14.5 Å². The molecular weight excluding hydrogens is 604 g/mol. The van der Waals surface area contributed by atoms with Crippen molar-refractivity contribution in [3.63, 3.8) is 0 Å². The zero-order valence-corrected chi connectivity index (χ0v) is 27.6. The lowest BCUT2D eigenvalue weighted by molar-refractivity contribution is -0.118. The van der Waals surface area contributed by atoms with Gasteiger partial charge in [-0.25, -0.2) is 8.78 Å². The molecule has 0 unspecified atom stereocenters. The number of pyridine rings is 1. The van der Waals surface area contributed by atoms with Crippen LogP contribution < -0.4 is 10.7 Å². The molecule has 0 bridgehead atoms. The van der Waals surface area contributed by atoms with Crippen molar-refractivity contribution in [3.05, 3.63) is 123 Å². The molecule has 0 fully saturated rings. The van der Waals surface area contributed by atoms with Crippen molar-refractivity contribution >= 4 is 33.1 Å². The Bertz CT molecular complexity index is 1890. The highest BCUT2D eigenvalue weighted by Gasteiger charge is 2.25. The number of benzene rings is 3. The molecule has 46 heavy (non-hydrogen) atoms. The fourth-order valence-corrected chi connectivity index (χ4v) is 6.80. The van der Waals surface area contributed by atoms with E-state index in [2.05, 4.69) is 10.2 Å². The molecule has 240 valence electrons. The summed E-state index contributed by atoms with van der Waals surface area (Å²) in [6.45, 7) is 7.84. The van der Waals surface area contributed by atoms with Crippen LogP contribution >= 0.6 is 11.3 Å². The number of amides is 1. The molecule has 0 atom stereocenters. The minimum absolute atomic E-state index is 0.0657. The molecule has 9 heteroatoms. The lowest BCUT2D eigenvalue weighted by Gasteiger charge is -2.20. The Hall–Kier alpha value is -4.18. The van der Waals surface area contributed by atoms with E-state index in [4.69, 9.17) is 0 Å². The first-order valence-corrected chi connectivity index (χ1v) is 16.1. The predicted molar refractivity (Wildman–Crippen MR) is 182 cm³/mol. The lowest BCUT2D eigenvalue weighted by Crippen LogP contribution is -2.27. The fraction of sp³-hybridized carbons (Fsp3) is 0.297. The van der Waals surface area contributed by atoms with Crippen molar-refractivity contribution in [3.8, 4) is 10.4 Å². The van der Waals surface area contributed by atoms with Gasteiger partial charge in [0.15, 0.2) is 5.43 Å². The topological polar surface area (TPSA) is 74.6 Å². The van der Waals surface area contributed by atoms with E-state index >= 15 is 0 Å². The van der Waals surface area contributed by atoms with Gasteiger partial charge in [-0.15, -0.1) is 11.3 Å². The summed E-state index contributed by atoms with van der Waals surface area (Å²) in [7, 11) is 1.98. The van der Waals surface area contributed by atoms with Crippen molar-refractivity contribution < 1.29 is 18.7 Å². The van der Waals surface area contributed by atoms with Gasteiger partial charge in [-0.3, -0.25) is 14.5 Å². The normalized spacial score (nSPS) is 12.0. The van der Waals surface area contributed by atoms with Crippen molar-refractivity contribution in [1.29, 1.82) is 0 Å². The molecule has 5 rings (SSSR count). The monoisotopic (exact) mass is 643 g/mol. The number of anilines is 1. The van der Waals surface area contributed by atoms with Gasteiger partial charge in [0, 0.05) is 53.3 Å². The standard InChI is InChI=1S/C37H39F2N3O3S/c1-23(2)35(44)40-27-16-14-25(15-17-27)34-29(21-41(5)19-24-10-7-6-8-11-24)32-33(43)26(18-37(3,4)45)20-42(36(32)46-34)22-28-30(38)12-9-13-31(28)39/h6-17,20,23,45H,18-19,21-22H2,1-5H3,(H,40,44). The first kappa shape index (κ1) is 33.2. The van der Waals surface area contributed by atoms with Gasteiger partial charge in [0.05, 0.1) is 17.5 Å². The van der Waals surface area contributed by atoms with E-state index in [1.807, 2.05) is 75.5 Å². The molecule has 0 aliphatic heterocycles. The maximum absolute atomic E-state index is 14.9. The summed E-state index contributed by atoms with van der Waals surface area (Å²) in [5.74, 6) is -1.60. The van der Waals surface area contributed by atoms with E-state index in [9.17, 15) is 23.5 Å². The van der Waals surface area contributed by atoms with Crippen LogP contribution in [0.25, 0.3) is 20.7 Å².